The summed E-state index contributed by atoms with van der Waals surface area (Å²) in [6.07, 6.45) is 1.29. The number of rotatable bonds is 7. The molecule has 1 heterocycles. The number of benzene rings is 3. The van der Waals surface area contributed by atoms with E-state index >= 15 is 0 Å². The van der Waals surface area contributed by atoms with Crippen LogP contribution in [0.15, 0.2) is 67.3 Å². The van der Waals surface area contributed by atoms with Gasteiger partial charge in [-0.1, -0.05) is 55.4 Å². The van der Waals surface area contributed by atoms with Crippen molar-refractivity contribution in [1.29, 1.82) is 0 Å². The Morgan fingerprint density at radius 2 is 1.55 bits per heavy atom. The third-order valence-electron chi connectivity index (χ3n) is 5.48. The molecule has 0 bridgehead atoms. The molecule has 1 aliphatic heterocycles. The van der Waals surface area contributed by atoms with Crippen LogP contribution < -0.4 is 4.74 Å². The molecule has 168 valence electrons. The van der Waals surface area contributed by atoms with Gasteiger partial charge in [-0.3, -0.25) is 0 Å². The minimum Gasteiger partial charge on any atom is -0.486 e. The molecular formula is C26H22BF3O3. The number of hydrogen-bond acceptors (Lipinski definition) is 3. The normalized spacial score (nSPS) is 18.2. The third kappa shape index (κ3) is 4.99. The molecule has 0 amide bonds. The van der Waals surface area contributed by atoms with Crippen LogP contribution in [0.3, 0.4) is 0 Å². The molecule has 3 nitrogen and oxygen atoms in total. The maximum absolute atomic E-state index is 14.9. The second-order valence-corrected chi connectivity index (χ2v) is 7.76. The van der Waals surface area contributed by atoms with Gasteiger partial charge < -0.3 is 14.2 Å². The topological polar surface area (TPSA) is 27.7 Å². The van der Waals surface area contributed by atoms with Crippen LogP contribution in [0.25, 0.3) is 22.3 Å². The van der Waals surface area contributed by atoms with Crippen LogP contribution >= 0.6 is 0 Å². The third-order valence-corrected chi connectivity index (χ3v) is 5.48. The van der Waals surface area contributed by atoms with Crippen LogP contribution in [-0.2, 0) is 9.47 Å². The second-order valence-electron chi connectivity index (χ2n) is 7.76. The first-order valence-corrected chi connectivity index (χ1v) is 10.6. The van der Waals surface area contributed by atoms with Crippen LogP contribution in [0, 0.1) is 23.4 Å². The summed E-state index contributed by atoms with van der Waals surface area (Å²) in [5.41, 5.74) is 2.10. The minimum absolute atomic E-state index is 0.0714. The largest absolute Gasteiger partial charge is 0.486 e. The molecule has 3 aromatic rings. The van der Waals surface area contributed by atoms with Crippen molar-refractivity contribution in [2.75, 3.05) is 19.8 Å². The Balaban J connectivity index is 1.53. The highest BCUT2D eigenvalue weighted by atomic mass is 19.2. The zero-order valence-corrected chi connectivity index (χ0v) is 17.9. The van der Waals surface area contributed by atoms with Crippen molar-refractivity contribution >= 4 is 7.85 Å². The lowest BCUT2D eigenvalue weighted by Gasteiger charge is -2.29. The van der Waals surface area contributed by atoms with Gasteiger partial charge in [0.15, 0.2) is 17.9 Å². The maximum atomic E-state index is 14.9. The highest BCUT2D eigenvalue weighted by molar-refractivity contribution is 6.08. The summed E-state index contributed by atoms with van der Waals surface area (Å²) >= 11 is 0. The molecule has 7 heteroatoms. The summed E-state index contributed by atoms with van der Waals surface area (Å²) in [6, 6.07) is 14.1. The average Bonchev–Trinajstić information content (AvgIpc) is 2.85. The van der Waals surface area contributed by atoms with E-state index in [1.54, 1.807) is 36.4 Å². The maximum Gasteiger partial charge on any atom is 0.201 e. The molecule has 0 saturated carbocycles. The van der Waals surface area contributed by atoms with Gasteiger partial charge in [-0.15, -0.1) is 0 Å². The Kier molecular flexibility index (Phi) is 7.21. The van der Waals surface area contributed by atoms with Crippen LogP contribution in [-0.4, -0.2) is 27.7 Å². The van der Waals surface area contributed by atoms with Gasteiger partial charge in [-0.2, -0.15) is 4.39 Å². The predicted molar refractivity (Wildman–Crippen MR) is 122 cm³/mol. The first-order chi connectivity index (χ1) is 16.0. The number of ether oxygens (including phenoxy) is 3. The standard InChI is InChI=1S/C26H22BF3O3/c1-2-11-31-23-10-9-21(24(29)25(23)30)18-5-3-17(4-6-18)20-8-7-19(12-22(20)28)26-32-14-16(13-27)15-33-26/h2-10,12,16,26H,1,11,13-15H2. The van der Waals surface area contributed by atoms with Gasteiger partial charge in [0.1, 0.15) is 12.4 Å². The average molecular weight is 450 g/mol. The summed E-state index contributed by atoms with van der Waals surface area (Å²) in [6.45, 7) is 4.48. The first-order valence-electron chi connectivity index (χ1n) is 10.6. The van der Waals surface area contributed by atoms with Crippen LogP contribution in [0.4, 0.5) is 13.2 Å². The van der Waals surface area contributed by atoms with Gasteiger partial charge in [-0.25, -0.2) is 8.78 Å². The second kappa shape index (κ2) is 10.3. The lowest BCUT2D eigenvalue weighted by molar-refractivity contribution is -0.202. The van der Waals surface area contributed by atoms with Crippen LogP contribution in [0.5, 0.6) is 5.75 Å². The highest BCUT2D eigenvalue weighted by Gasteiger charge is 2.23. The number of halogens is 3. The van der Waals surface area contributed by atoms with Crippen molar-refractivity contribution in [2.45, 2.75) is 12.6 Å². The molecule has 0 spiro atoms. The Morgan fingerprint density at radius 1 is 0.909 bits per heavy atom. The van der Waals surface area contributed by atoms with E-state index in [0.29, 0.717) is 41.8 Å². The zero-order chi connectivity index (χ0) is 23.4. The van der Waals surface area contributed by atoms with E-state index in [4.69, 9.17) is 22.1 Å². The molecule has 0 aliphatic carbocycles. The molecule has 0 N–H and O–H groups in total. The van der Waals surface area contributed by atoms with E-state index in [1.807, 2.05) is 0 Å². The van der Waals surface area contributed by atoms with E-state index in [9.17, 15) is 13.2 Å². The van der Waals surface area contributed by atoms with Crippen LogP contribution in [0.1, 0.15) is 11.9 Å². The van der Waals surface area contributed by atoms with Crippen molar-refractivity contribution in [1.82, 2.24) is 0 Å². The molecule has 1 saturated heterocycles. The molecule has 0 unspecified atom stereocenters. The quantitative estimate of drug-likeness (QED) is 0.315. The van der Waals surface area contributed by atoms with Crippen molar-refractivity contribution in [3.8, 4) is 28.0 Å². The molecule has 1 aliphatic rings. The monoisotopic (exact) mass is 450 g/mol. The molecule has 33 heavy (non-hydrogen) atoms. The molecule has 4 rings (SSSR count). The molecule has 3 aromatic carbocycles. The Labute approximate surface area is 192 Å². The lowest BCUT2D eigenvalue weighted by atomic mass is 9.92. The van der Waals surface area contributed by atoms with Gasteiger partial charge in [0.2, 0.25) is 5.82 Å². The molecular weight excluding hydrogens is 428 g/mol. The van der Waals surface area contributed by atoms with Crippen molar-refractivity contribution in [2.24, 2.45) is 5.92 Å². The Hall–Kier alpha value is -3.03. The lowest BCUT2D eigenvalue weighted by Crippen LogP contribution is -2.26. The van der Waals surface area contributed by atoms with E-state index in [2.05, 4.69) is 6.58 Å². The summed E-state index contributed by atoms with van der Waals surface area (Å²) in [7, 11) is 5.61. The SMILES string of the molecule is [B]CC1COC(c2ccc(-c3ccc(-c4ccc(OCC=C)c(F)c4F)cc3)c(F)c2)OC1. The van der Waals surface area contributed by atoms with Gasteiger partial charge >= 0.3 is 0 Å². The van der Waals surface area contributed by atoms with Crippen molar-refractivity contribution in [3.63, 3.8) is 0 Å². The Bertz CT molecular complexity index is 1130. The van der Waals surface area contributed by atoms with E-state index in [1.165, 1.54) is 24.3 Å². The fourth-order valence-electron chi connectivity index (χ4n) is 3.63. The summed E-state index contributed by atoms with van der Waals surface area (Å²) in [5, 5.41) is 0. The molecule has 1 fully saturated rings. The fraction of sp³-hybridized carbons (Fsp3) is 0.231. The predicted octanol–water partition coefficient (Wildman–Crippen LogP) is 6.25. The summed E-state index contributed by atoms with van der Waals surface area (Å²) in [4.78, 5) is 0. The van der Waals surface area contributed by atoms with Gasteiger partial charge in [-0.05, 0) is 35.2 Å². The van der Waals surface area contributed by atoms with Crippen LogP contribution in [0.2, 0.25) is 6.32 Å². The Morgan fingerprint density at radius 3 is 2.15 bits per heavy atom. The van der Waals surface area contributed by atoms with Gasteiger partial charge in [0, 0.05) is 16.7 Å². The van der Waals surface area contributed by atoms with Crippen molar-refractivity contribution in [3.05, 3.63) is 90.3 Å². The van der Waals surface area contributed by atoms with E-state index < -0.39 is 23.7 Å². The van der Waals surface area contributed by atoms with Gasteiger partial charge in [0.25, 0.3) is 0 Å². The van der Waals surface area contributed by atoms with Gasteiger partial charge in [0.05, 0.1) is 21.1 Å². The fourth-order valence-corrected chi connectivity index (χ4v) is 3.63. The highest BCUT2D eigenvalue weighted by Crippen LogP contribution is 2.33. The minimum atomic E-state index is -1.06. The summed E-state index contributed by atoms with van der Waals surface area (Å²) in [5.74, 6) is -2.55. The smallest absolute Gasteiger partial charge is 0.201 e. The molecule has 0 aromatic heterocycles. The van der Waals surface area contributed by atoms with E-state index in [0.717, 1.165) is 0 Å². The molecule has 0 atom stereocenters. The summed E-state index contributed by atoms with van der Waals surface area (Å²) < 4.78 is 60.1. The van der Waals surface area contributed by atoms with E-state index in [-0.39, 0.29) is 23.8 Å². The molecule has 2 radical (unpaired) electrons. The number of hydrogen-bond donors (Lipinski definition) is 0. The first kappa shape index (κ1) is 23.1. The zero-order valence-electron chi connectivity index (χ0n) is 17.9. The van der Waals surface area contributed by atoms with Crippen molar-refractivity contribution < 1.29 is 27.4 Å².